The number of hydrogen-bond donors (Lipinski definition) is 2. The Morgan fingerprint density at radius 2 is 2.12 bits per heavy atom. The van der Waals surface area contributed by atoms with E-state index in [0.717, 1.165) is 18.4 Å². The Labute approximate surface area is 151 Å². The van der Waals surface area contributed by atoms with Gasteiger partial charge in [0.05, 0.1) is 12.1 Å². The normalized spacial score (nSPS) is 13.4. The van der Waals surface area contributed by atoms with Crippen LogP contribution in [0.5, 0.6) is 0 Å². The topological polar surface area (TPSA) is 88.8 Å². The average molecular weight is 355 g/mol. The molecule has 3 rings (SSSR count). The lowest BCUT2D eigenvalue weighted by Gasteiger charge is -2.11. The maximum Gasteiger partial charge on any atom is 0.341 e. The van der Waals surface area contributed by atoms with Crippen molar-refractivity contribution in [2.45, 2.75) is 31.7 Å². The van der Waals surface area contributed by atoms with E-state index in [2.05, 4.69) is 11.8 Å². The lowest BCUT2D eigenvalue weighted by atomic mass is 10.1. The Bertz CT molecular complexity index is 931. The van der Waals surface area contributed by atoms with Crippen LogP contribution < -0.4 is 5.43 Å². The quantitative estimate of drug-likeness (QED) is 0.587. The van der Waals surface area contributed by atoms with Gasteiger partial charge in [0.2, 0.25) is 5.43 Å². The number of hydrogen-bond acceptors (Lipinski definition) is 4. The molecule has 0 atom stereocenters. The van der Waals surface area contributed by atoms with Crippen molar-refractivity contribution in [2.24, 2.45) is 0 Å². The summed E-state index contributed by atoms with van der Waals surface area (Å²) < 4.78 is 7.21. The van der Waals surface area contributed by atoms with E-state index in [1.807, 2.05) is 16.7 Å². The molecule has 6 nitrogen and oxygen atoms in total. The zero-order chi connectivity index (χ0) is 18.5. The number of nitrogens with zero attached hydrogens (tertiary/aromatic N) is 1. The number of fused-ring (bicyclic) bond motifs is 1. The van der Waals surface area contributed by atoms with Crippen LogP contribution in [0, 0.1) is 11.8 Å². The third-order valence-corrected chi connectivity index (χ3v) is 4.25. The highest BCUT2D eigenvalue weighted by Gasteiger charge is 2.26. The smallest absolute Gasteiger partial charge is 0.341 e. The summed E-state index contributed by atoms with van der Waals surface area (Å²) in [6.45, 7) is 1.10. The Hall–Kier alpha value is -2.62. The molecule has 1 aliphatic rings. The van der Waals surface area contributed by atoms with E-state index in [1.165, 1.54) is 6.20 Å². The van der Waals surface area contributed by atoms with E-state index < -0.39 is 11.4 Å². The van der Waals surface area contributed by atoms with Crippen LogP contribution in [0.1, 0.15) is 47.6 Å². The van der Waals surface area contributed by atoms with Crippen LogP contribution in [0.3, 0.4) is 0 Å². The lowest BCUT2D eigenvalue weighted by molar-refractivity contribution is 0.0695. The molecular formula is C20H21NO5. The van der Waals surface area contributed by atoms with Crippen LogP contribution in [0.4, 0.5) is 0 Å². The fourth-order valence-corrected chi connectivity index (χ4v) is 2.80. The summed E-state index contributed by atoms with van der Waals surface area (Å²) in [7, 11) is 0. The highest BCUT2D eigenvalue weighted by atomic mass is 16.5. The van der Waals surface area contributed by atoms with Crippen molar-refractivity contribution in [1.29, 1.82) is 0 Å². The van der Waals surface area contributed by atoms with E-state index >= 15 is 0 Å². The van der Waals surface area contributed by atoms with Crippen LogP contribution in [0.15, 0.2) is 29.2 Å². The second kappa shape index (κ2) is 8.17. The Morgan fingerprint density at radius 3 is 2.81 bits per heavy atom. The van der Waals surface area contributed by atoms with Gasteiger partial charge in [-0.2, -0.15) is 0 Å². The summed E-state index contributed by atoms with van der Waals surface area (Å²) in [6.07, 6.45) is 4.60. The van der Waals surface area contributed by atoms with E-state index in [4.69, 9.17) is 9.84 Å². The molecule has 0 amide bonds. The summed E-state index contributed by atoms with van der Waals surface area (Å²) in [4.78, 5) is 23.9. The summed E-state index contributed by atoms with van der Waals surface area (Å²) in [6, 6.07) is 5.62. The molecule has 0 bridgehead atoms. The van der Waals surface area contributed by atoms with Gasteiger partial charge in [-0.1, -0.05) is 11.8 Å². The van der Waals surface area contributed by atoms with Crippen molar-refractivity contribution in [1.82, 2.24) is 4.57 Å². The van der Waals surface area contributed by atoms with Crippen molar-refractivity contribution < 1.29 is 19.7 Å². The summed E-state index contributed by atoms with van der Waals surface area (Å²) in [5, 5.41) is 18.4. The molecule has 1 aliphatic carbocycles. The van der Waals surface area contributed by atoms with Crippen molar-refractivity contribution >= 4 is 16.9 Å². The van der Waals surface area contributed by atoms with Crippen LogP contribution in [-0.2, 0) is 4.74 Å². The molecule has 26 heavy (non-hydrogen) atoms. The van der Waals surface area contributed by atoms with Gasteiger partial charge in [-0.15, -0.1) is 0 Å². The fraction of sp³-hybridized carbons (Fsp3) is 0.400. The van der Waals surface area contributed by atoms with Crippen LogP contribution >= 0.6 is 0 Å². The number of pyridine rings is 1. The molecule has 2 N–H and O–H groups in total. The first-order chi connectivity index (χ1) is 12.6. The minimum atomic E-state index is -1.21. The van der Waals surface area contributed by atoms with Gasteiger partial charge in [-0.25, -0.2) is 4.79 Å². The fourth-order valence-electron chi connectivity index (χ4n) is 2.80. The van der Waals surface area contributed by atoms with Gasteiger partial charge in [0.25, 0.3) is 0 Å². The van der Waals surface area contributed by atoms with Gasteiger partial charge in [0.15, 0.2) is 0 Å². The lowest BCUT2D eigenvalue weighted by Crippen LogP contribution is -2.18. The molecule has 1 saturated carbocycles. The van der Waals surface area contributed by atoms with Crippen molar-refractivity contribution in [3.8, 4) is 11.8 Å². The van der Waals surface area contributed by atoms with Crippen LogP contribution in [0.25, 0.3) is 10.9 Å². The maximum atomic E-state index is 12.5. The van der Waals surface area contributed by atoms with E-state index in [9.17, 15) is 14.7 Å². The number of carboxylic acids is 1. The molecule has 2 aromatic rings. The first kappa shape index (κ1) is 18.2. The number of aromatic nitrogens is 1. The molecular weight excluding hydrogens is 334 g/mol. The molecule has 1 aromatic heterocycles. The maximum absolute atomic E-state index is 12.5. The second-order valence-corrected chi connectivity index (χ2v) is 6.29. The molecule has 136 valence electrons. The van der Waals surface area contributed by atoms with Gasteiger partial charge in [-0.3, -0.25) is 4.79 Å². The minimum Gasteiger partial charge on any atom is -0.477 e. The zero-order valence-corrected chi connectivity index (χ0v) is 14.4. The van der Waals surface area contributed by atoms with E-state index in [0.29, 0.717) is 37.0 Å². The highest BCUT2D eigenvalue weighted by molar-refractivity contribution is 5.93. The standard InChI is InChI=1S/C20H21NO5/c22-9-3-11-26-10-2-1-4-14-5-8-18-16(12-14)19(23)17(20(24)25)13-21(18)15-6-7-15/h5,8,12-13,15,22H,2-3,6-7,9-11H2,(H,24,25). The number of ether oxygens (including phenoxy) is 1. The van der Waals surface area contributed by atoms with Crippen LogP contribution in [0.2, 0.25) is 0 Å². The molecule has 6 heteroatoms. The van der Waals surface area contributed by atoms with Gasteiger partial charge in [-0.05, 0) is 37.5 Å². The van der Waals surface area contributed by atoms with Gasteiger partial charge in [0, 0.05) is 42.8 Å². The number of aliphatic hydroxyl groups is 1. The zero-order valence-electron chi connectivity index (χ0n) is 14.4. The minimum absolute atomic E-state index is 0.111. The van der Waals surface area contributed by atoms with Crippen molar-refractivity contribution in [3.05, 3.63) is 45.7 Å². The third-order valence-electron chi connectivity index (χ3n) is 4.25. The molecule has 0 aliphatic heterocycles. The average Bonchev–Trinajstić information content (AvgIpc) is 3.46. The summed E-state index contributed by atoms with van der Waals surface area (Å²) in [5.41, 5.74) is 0.752. The summed E-state index contributed by atoms with van der Waals surface area (Å²) >= 11 is 0. The molecule has 1 aromatic carbocycles. The Kier molecular flexibility index (Phi) is 5.71. The number of carboxylic acid groups (broad SMARTS) is 1. The molecule has 1 heterocycles. The predicted octanol–water partition coefficient (Wildman–Crippen LogP) is 2.18. The van der Waals surface area contributed by atoms with E-state index in [-0.39, 0.29) is 18.2 Å². The SMILES string of the molecule is O=C(O)c1cn(C2CC2)c2ccc(C#CCCOCCCO)cc2c1=O. The highest BCUT2D eigenvalue weighted by Crippen LogP contribution is 2.36. The molecule has 1 fully saturated rings. The Balaban J connectivity index is 1.85. The largest absolute Gasteiger partial charge is 0.477 e. The van der Waals surface area contributed by atoms with Crippen LogP contribution in [-0.4, -0.2) is 40.6 Å². The molecule has 0 radical (unpaired) electrons. The monoisotopic (exact) mass is 355 g/mol. The van der Waals surface area contributed by atoms with Gasteiger partial charge < -0.3 is 19.5 Å². The first-order valence-electron chi connectivity index (χ1n) is 8.71. The number of rotatable bonds is 7. The number of aromatic carboxylic acids is 1. The first-order valence-corrected chi connectivity index (χ1v) is 8.71. The third kappa shape index (κ3) is 4.13. The number of aliphatic hydroxyl groups excluding tert-OH is 1. The predicted molar refractivity (Wildman–Crippen MR) is 97.5 cm³/mol. The van der Waals surface area contributed by atoms with Crippen molar-refractivity contribution in [2.75, 3.05) is 19.8 Å². The number of benzene rings is 1. The molecule has 0 unspecified atom stereocenters. The number of carbonyl (C=O) groups is 1. The summed E-state index contributed by atoms with van der Waals surface area (Å²) in [5.74, 6) is 4.77. The van der Waals surface area contributed by atoms with Crippen molar-refractivity contribution in [3.63, 3.8) is 0 Å². The van der Waals surface area contributed by atoms with E-state index in [1.54, 1.807) is 6.07 Å². The molecule has 0 spiro atoms. The van der Waals surface area contributed by atoms with Gasteiger partial charge >= 0.3 is 5.97 Å². The molecule has 0 saturated heterocycles. The van der Waals surface area contributed by atoms with Gasteiger partial charge in [0.1, 0.15) is 5.56 Å². The second-order valence-electron chi connectivity index (χ2n) is 6.29. The Morgan fingerprint density at radius 1 is 1.31 bits per heavy atom.